The van der Waals surface area contributed by atoms with Crippen LogP contribution >= 0.6 is 24.1 Å². The van der Waals surface area contributed by atoms with E-state index in [1.54, 1.807) is 0 Å². The zero-order chi connectivity index (χ0) is 20.1. The van der Waals surface area contributed by atoms with E-state index in [1.165, 1.54) is 24.1 Å². The smallest absolute Gasteiger partial charge is 0.0454 e. The monoisotopic (exact) mass is 416 g/mol. The number of hydrogen-bond acceptors (Lipinski definition) is 5. The third-order valence-electron chi connectivity index (χ3n) is 4.52. The minimum absolute atomic E-state index is 0.748. The van der Waals surface area contributed by atoms with Crippen molar-refractivity contribution in [3.63, 3.8) is 0 Å². The minimum Gasteiger partial charge on any atom is -0.398 e. The lowest BCUT2D eigenvalue weighted by Crippen LogP contribution is -1.91. The second-order valence-electron chi connectivity index (χ2n) is 6.40. The van der Waals surface area contributed by atoms with Gasteiger partial charge in [0.2, 0.25) is 0 Å². The molecular weight excluding hydrogens is 396 g/mol. The fourth-order valence-corrected chi connectivity index (χ4v) is 4.62. The lowest BCUT2D eigenvalue weighted by Gasteiger charge is -2.12. The van der Waals surface area contributed by atoms with Gasteiger partial charge in [-0.25, -0.2) is 3.63 Å². The van der Waals surface area contributed by atoms with Crippen molar-refractivity contribution in [3.05, 3.63) is 97.1 Å². The Labute approximate surface area is 179 Å². The molecule has 3 nitrogen and oxygen atoms in total. The van der Waals surface area contributed by atoms with E-state index in [0.717, 1.165) is 43.4 Å². The van der Waals surface area contributed by atoms with Gasteiger partial charge in [0.1, 0.15) is 0 Å². The maximum absolute atomic E-state index is 6.17. The van der Waals surface area contributed by atoms with Gasteiger partial charge in [0.25, 0.3) is 0 Å². The number of rotatable bonds is 6. The number of nitrogen functional groups attached to an aromatic ring is 2. The first-order valence-electron chi connectivity index (χ1n) is 9.13. The second kappa shape index (κ2) is 9.09. The minimum atomic E-state index is 0.748. The molecule has 0 fully saturated rings. The van der Waals surface area contributed by atoms with E-state index in [1.807, 2.05) is 84.9 Å². The van der Waals surface area contributed by atoms with E-state index in [-0.39, 0.29) is 0 Å². The van der Waals surface area contributed by atoms with Crippen LogP contribution in [0.25, 0.3) is 22.3 Å². The molecule has 29 heavy (non-hydrogen) atoms. The highest BCUT2D eigenvalue weighted by Crippen LogP contribution is 2.40. The molecule has 4 aromatic carbocycles. The van der Waals surface area contributed by atoms with Crippen LogP contribution in [0.2, 0.25) is 0 Å². The van der Waals surface area contributed by atoms with Crippen LogP contribution in [0, 0.1) is 0 Å². The molecule has 0 saturated heterocycles. The van der Waals surface area contributed by atoms with Crippen molar-refractivity contribution in [2.75, 3.05) is 11.5 Å². The van der Waals surface area contributed by atoms with Gasteiger partial charge in [0.15, 0.2) is 0 Å². The first-order valence-corrected chi connectivity index (χ1v) is 10.6. The highest BCUT2D eigenvalue weighted by molar-refractivity contribution is 8.08. The maximum Gasteiger partial charge on any atom is 0.0454 e. The van der Waals surface area contributed by atoms with E-state index in [4.69, 9.17) is 15.1 Å². The van der Waals surface area contributed by atoms with Crippen molar-refractivity contribution in [2.45, 2.75) is 9.79 Å². The molecule has 0 bridgehead atoms. The van der Waals surface area contributed by atoms with Crippen molar-refractivity contribution >= 4 is 35.5 Å². The molecule has 0 saturated carbocycles. The van der Waals surface area contributed by atoms with Crippen LogP contribution < -0.4 is 11.5 Å². The van der Waals surface area contributed by atoms with Gasteiger partial charge in [0.05, 0.1) is 0 Å². The van der Waals surface area contributed by atoms with Crippen molar-refractivity contribution in [1.82, 2.24) is 0 Å². The summed E-state index contributed by atoms with van der Waals surface area (Å²) in [6.45, 7) is 0. The van der Waals surface area contributed by atoms with E-state index < -0.39 is 0 Å². The quantitative estimate of drug-likeness (QED) is 0.264. The predicted molar refractivity (Wildman–Crippen MR) is 125 cm³/mol. The molecule has 4 aromatic rings. The molecule has 0 aliphatic heterocycles. The fourth-order valence-electron chi connectivity index (χ4n) is 3.10. The zero-order valence-electron chi connectivity index (χ0n) is 15.6. The Morgan fingerprint density at radius 3 is 1.21 bits per heavy atom. The molecule has 0 aromatic heterocycles. The predicted octanol–water partition coefficient (Wildman–Crippen LogP) is 6.92. The van der Waals surface area contributed by atoms with E-state index in [0.29, 0.717) is 0 Å². The molecule has 0 spiro atoms. The summed E-state index contributed by atoms with van der Waals surface area (Å²) in [6, 6.07) is 31.9. The molecule has 0 aliphatic rings. The molecular formula is C24H20N2OS2. The molecule has 144 valence electrons. The van der Waals surface area contributed by atoms with Crippen LogP contribution in [0.3, 0.4) is 0 Å². The van der Waals surface area contributed by atoms with Crippen LogP contribution in [0.5, 0.6) is 0 Å². The molecule has 0 unspecified atom stereocenters. The summed E-state index contributed by atoms with van der Waals surface area (Å²) in [5.74, 6) is 0. The summed E-state index contributed by atoms with van der Waals surface area (Å²) in [5, 5.41) is 0. The average Bonchev–Trinajstić information content (AvgIpc) is 2.75. The normalized spacial score (nSPS) is 10.8. The molecule has 0 radical (unpaired) electrons. The van der Waals surface area contributed by atoms with Crippen molar-refractivity contribution in [3.8, 4) is 22.3 Å². The number of hydrogen-bond donors (Lipinski definition) is 2. The van der Waals surface area contributed by atoms with E-state index in [9.17, 15) is 0 Å². The van der Waals surface area contributed by atoms with Crippen LogP contribution in [-0.2, 0) is 3.63 Å². The van der Waals surface area contributed by atoms with Gasteiger partial charge in [-0.2, -0.15) is 0 Å². The SMILES string of the molecule is Nc1ccccc1-c1ccccc1SOSc1ccccc1-c1ccccc1N. The van der Waals surface area contributed by atoms with Crippen molar-refractivity contribution in [1.29, 1.82) is 0 Å². The largest absolute Gasteiger partial charge is 0.398 e. The van der Waals surface area contributed by atoms with Crippen LogP contribution in [0.1, 0.15) is 0 Å². The van der Waals surface area contributed by atoms with Gasteiger partial charge >= 0.3 is 0 Å². The number of nitrogens with two attached hydrogens (primary N) is 2. The zero-order valence-corrected chi connectivity index (χ0v) is 17.3. The lowest BCUT2D eigenvalue weighted by molar-refractivity contribution is 0.757. The number of anilines is 2. The van der Waals surface area contributed by atoms with Crippen LogP contribution in [-0.4, -0.2) is 0 Å². The van der Waals surface area contributed by atoms with E-state index >= 15 is 0 Å². The van der Waals surface area contributed by atoms with Gasteiger partial charge in [-0.3, -0.25) is 0 Å². The van der Waals surface area contributed by atoms with Gasteiger partial charge in [-0.1, -0.05) is 72.8 Å². The Balaban J connectivity index is 1.55. The third-order valence-corrected chi connectivity index (χ3v) is 6.14. The van der Waals surface area contributed by atoms with Crippen molar-refractivity contribution < 1.29 is 3.63 Å². The van der Waals surface area contributed by atoms with Crippen molar-refractivity contribution in [2.24, 2.45) is 0 Å². The number of benzene rings is 4. The molecule has 0 heterocycles. The maximum atomic E-state index is 6.17. The molecule has 5 heteroatoms. The Kier molecular flexibility index (Phi) is 6.10. The lowest BCUT2D eigenvalue weighted by atomic mass is 10.0. The fraction of sp³-hybridized carbons (Fsp3) is 0. The molecule has 0 aliphatic carbocycles. The summed E-state index contributed by atoms with van der Waals surface area (Å²) < 4.78 is 5.96. The topological polar surface area (TPSA) is 61.3 Å². The van der Waals surface area contributed by atoms with Crippen LogP contribution in [0.4, 0.5) is 11.4 Å². The average molecular weight is 417 g/mol. The third kappa shape index (κ3) is 4.43. The molecule has 4 rings (SSSR count). The highest BCUT2D eigenvalue weighted by Gasteiger charge is 2.11. The van der Waals surface area contributed by atoms with Gasteiger partial charge < -0.3 is 11.5 Å². The summed E-state index contributed by atoms with van der Waals surface area (Å²) in [4.78, 5) is 2.02. The van der Waals surface area contributed by atoms with E-state index in [2.05, 4.69) is 12.1 Å². The first-order chi connectivity index (χ1) is 14.2. The summed E-state index contributed by atoms with van der Waals surface area (Å²) >= 11 is 2.66. The van der Waals surface area contributed by atoms with Gasteiger partial charge in [-0.05, 0) is 35.4 Å². The summed E-state index contributed by atoms with van der Waals surface area (Å²) in [5.41, 5.74) is 17.9. The molecule has 4 N–H and O–H groups in total. The Morgan fingerprint density at radius 1 is 0.448 bits per heavy atom. The van der Waals surface area contributed by atoms with Gasteiger partial charge in [-0.15, -0.1) is 0 Å². The second-order valence-corrected chi connectivity index (χ2v) is 8.16. The Hall–Kier alpha value is -2.86. The first kappa shape index (κ1) is 19.5. The Bertz CT molecular complexity index is 1040. The van der Waals surface area contributed by atoms with Gasteiger partial charge in [0, 0.05) is 56.4 Å². The summed E-state index contributed by atoms with van der Waals surface area (Å²) in [7, 11) is 0. The van der Waals surface area contributed by atoms with Crippen LogP contribution in [0.15, 0.2) is 107 Å². The summed E-state index contributed by atoms with van der Waals surface area (Å²) in [6.07, 6.45) is 0. The standard InChI is InChI=1S/C24H20N2OS2/c25-21-13-5-1-9-17(21)19-11-3-7-15-23(19)28-27-29-24-16-8-4-12-20(24)18-10-2-6-14-22(18)26/h1-16H,25-26H2. The molecule has 0 atom stereocenters. The molecule has 0 amide bonds. The highest BCUT2D eigenvalue weighted by atomic mass is 32.2. The Morgan fingerprint density at radius 2 is 0.793 bits per heavy atom. The number of para-hydroxylation sites is 2.